The molecular formula is C17H28N2O2. The lowest BCUT2D eigenvalue weighted by Gasteiger charge is -2.27. The van der Waals surface area contributed by atoms with E-state index in [1.165, 1.54) is 5.56 Å². The summed E-state index contributed by atoms with van der Waals surface area (Å²) in [5, 5.41) is 12.9. The Kier molecular flexibility index (Phi) is 6.03. The van der Waals surface area contributed by atoms with Gasteiger partial charge in [-0.25, -0.2) is 0 Å². The molecular weight excluding hydrogens is 264 g/mol. The quantitative estimate of drug-likeness (QED) is 0.802. The molecule has 118 valence electrons. The van der Waals surface area contributed by atoms with E-state index in [1.54, 1.807) is 7.11 Å². The van der Waals surface area contributed by atoms with Crippen LogP contribution in [0.4, 0.5) is 0 Å². The van der Waals surface area contributed by atoms with Crippen LogP contribution in [0.25, 0.3) is 0 Å². The molecule has 0 bridgehead atoms. The average Bonchev–Trinajstić information content (AvgIpc) is 2.90. The molecule has 1 fully saturated rings. The molecule has 4 heteroatoms. The van der Waals surface area contributed by atoms with E-state index in [4.69, 9.17) is 4.74 Å². The van der Waals surface area contributed by atoms with E-state index in [0.717, 1.165) is 38.1 Å². The number of β-amino-alcohol motifs (C(OH)–C–C–N with tert-alkyl or cyclic N) is 1. The molecule has 2 rings (SSSR count). The molecule has 0 radical (unpaired) electrons. The van der Waals surface area contributed by atoms with Gasteiger partial charge in [0.15, 0.2) is 0 Å². The summed E-state index contributed by atoms with van der Waals surface area (Å²) in [6, 6.07) is 9.28. The first-order valence-corrected chi connectivity index (χ1v) is 7.83. The molecule has 1 aliphatic rings. The molecule has 4 nitrogen and oxygen atoms in total. The lowest BCUT2D eigenvalue weighted by atomic mass is 10.0. The Hall–Kier alpha value is -1.10. The number of likely N-dealkylation sites (N-methyl/N-ethyl adjacent to an activating group) is 1. The summed E-state index contributed by atoms with van der Waals surface area (Å²) in [6.45, 7) is 4.01. The van der Waals surface area contributed by atoms with Crippen molar-refractivity contribution < 1.29 is 9.84 Å². The topological polar surface area (TPSA) is 44.7 Å². The summed E-state index contributed by atoms with van der Waals surface area (Å²) in [6.07, 6.45) is 2.92. The Morgan fingerprint density at radius 1 is 1.38 bits per heavy atom. The van der Waals surface area contributed by atoms with Crippen molar-refractivity contribution in [3.05, 3.63) is 29.8 Å². The first-order valence-electron chi connectivity index (χ1n) is 7.83. The Balaban J connectivity index is 1.73. The predicted octanol–water partition coefficient (Wildman–Crippen LogP) is 1.67. The van der Waals surface area contributed by atoms with Gasteiger partial charge in [-0.15, -0.1) is 0 Å². The smallest absolute Gasteiger partial charge is 0.118 e. The lowest BCUT2D eigenvalue weighted by Crippen LogP contribution is -2.40. The number of aliphatic hydroxyl groups excluding tert-OH is 1. The SMILES string of the molecule is COc1ccc(CCC(C)N(C)C[C@@H]2C[C@@H](O)CN2)cc1. The summed E-state index contributed by atoms with van der Waals surface area (Å²) in [4.78, 5) is 2.39. The number of aliphatic hydroxyl groups is 1. The van der Waals surface area contributed by atoms with Crippen LogP contribution in [0.5, 0.6) is 5.75 Å². The van der Waals surface area contributed by atoms with Crippen LogP contribution in [0.1, 0.15) is 25.3 Å². The van der Waals surface area contributed by atoms with Crippen molar-refractivity contribution in [2.24, 2.45) is 0 Å². The van der Waals surface area contributed by atoms with Gasteiger partial charge in [0.2, 0.25) is 0 Å². The molecule has 2 N–H and O–H groups in total. The molecule has 0 aromatic heterocycles. The summed E-state index contributed by atoms with van der Waals surface area (Å²) >= 11 is 0. The minimum atomic E-state index is -0.169. The molecule has 1 aromatic rings. The highest BCUT2D eigenvalue weighted by Gasteiger charge is 2.24. The Morgan fingerprint density at radius 2 is 2.10 bits per heavy atom. The van der Waals surface area contributed by atoms with Gasteiger partial charge in [-0.2, -0.15) is 0 Å². The van der Waals surface area contributed by atoms with Crippen molar-refractivity contribution in [3.63, 3.8) is 0 Å². The van der Waals surface area contributed by atoms with Crippen LogP contribution in [0.15, 0.2) is 24.3 Å². The van der Waals surface area contributed by atoms with Crippen LogP contribution in [-0.4, -0.2) is 55.4 Å². The second-order valence-corrected chi connectivity index (χ2v) is 6.17. The highest BCUT2D eigenvalue weighted by atomic mass is 16.5. The van der Waals surface area contributed by atoms with Gasteiger partial charge in [-0.1, -0.05) is 12.1 Å². The Labute approximate surface area is 128 Å². The zero-order chi connectivity index (χ0) is 15.2. The van der Waals surface area contributed by atoms with Crippen LogP contribution in [0.2, 0.25) is 0 Å². The van der Waals surface area contributed by atoms with E-state index in [9.17, 15) is 5.11 Å². The van der Waals surface area contributed by atoms with E-state index in [2.05, 4.69) is 36.3 Å². The number of hydrogen-bond donors (Lipinski definition) is 2. The van der Waals surface area contributed by atoms with Crippen molar-refractivity contribution in [3.8, 4) is 5.75 Å². The number of nitrogens with one attached hydrogen (secondary N) is 1. The fourth-order valence-electron chi connectivity index (χ4n) is 2.85. The van der Waals surface area contributed by atoms with Crippen molar-refractivity contribution in [1.82, 2.24) is 10.2 Å². The number of nitrogens with zero attached hydrogens (tertiary/aromatic N) is 1. The summed E-state index contributed by atoms with van der Waals surface area (Å²) in [5.74, 6) is 0.912. The van der Waals surface area contributed by atoms with E-state index in [1.807, 2.05) is 12.1 Å². The van der Waals surface area contributed by atoms with Crippen molar-refractivity contribution in [2.45, 2.75) is 44.4 Å². The zero-order valence-electron chi connectivity index (χ0n) is 13.4. The van der Waals surface area contributed by atoms with Gasteiger partial charge in [0, 0.05) is 25.2 Å². The average molecular weight is 292 g/mol. The van der Waals surface area contributed by atoms with Crippen LogP contribution in [-0.2, 0) is 6.42 Å². The monoisotopic (exact) mass is 292 g/mol. The third kappa shape index (κ3) is 4.99. The number of aryl methyl sites for hydroxylation is 1. The number of hydrogen-bond acceptors (Lipinski definition) is 4. The van der Waals surface area contributed by atoms with E-state index in [0.29, 0.717) is 12.1 Å². The highest BCUT2D eigenvalue weighted by Crippen LogP contribution is 2.15. The number of methoxy groups -OCH3 is 1. The molecule has 21 heavy (non-hydrogen) atoms. The van der Waals surface area contributed by atoms with Crippen LogP contribution in [0.3, 0.4) is 0 Å². The number of benzene rings is 1. The van der Waals surface area contributed by atoms with Crippen LogP contribution in [0, 0.1) is 0 Å². The van der Waals surface area contributed by atoms with Gasteiger partial charge >= 0.3 is 0 Å². The van der Waals surface area contributed by atoms with Crippen LogP contribution >= 0.6 is 0 Å². The van der Waals surface area contributed by atoms with Crippen molar-refractivity contribution in [2.75, 3.05) is 27.2 Å². The fraction of sp³-hybridized carbons (Fsp3) is 0.647. The number of ether oxygens (including phenoxy) is 1. The predicted molar refractivity (Wildman–Crippen MR) is 85.8 cm³/mol. The van der Waals surface area contributed by atoms with Gasteiger partial charge < -0.3 is 20.1 Å². The normalized spacial score (nSPS) is 23.5. The maximum absolute atomic E-state index is 9.55. The van der Waals surface area contributed by atoms with E-state index < -0.39 is 0 Å². The van der Waals surface area contributed by atoms with Crippen molar-refractivity contribution >= 4 is 0 Å². The molecule has 0 spiro atoms. The Bertz CT molecular complexity index is 421. The molecule has 1 heterocycles. The molecule has 1 unspecified atom stereocenters. The summed E-state index contributed by atoms with van der Waals surface area (Å²) < 4.78 is 5.18. The second-order valence-electron chi connectivity index (χ2n) is 6.17. The highest BCUT2D eigenvalue weighted by molar-refractivity contribution is 5.27. The Morgan fingerprint density at radius 3 is 2.67 bits per heavy atom. The third-order valence-corrected chi connectivity index (χ3v) is 4.47. The van der Waals surface area contributed by atoms with Gasteiger partial charge in [-0.3, -0.25) is 0 Å². The standard InChI is InChI=1S/C17H28N2O2/c1-13(19(2)12-15-10-16(20)11-18-15)4-5-14-6-8-17(21-3)9-7-14/h6-9,13,15-16,18,20H,4-5,10-12H2,1-3H3/t13?,15-,16+/m0/s1. The molecule has 0 saturated carbocycles. The molecule has 1 saturated heterocycles. The minimum absolute atomic E-state index is 0.169. The molecule has 1 aliphatic heterocycles. The van der Waals surface area contributed by atoms with E-state index in [-0.39, 0.29) is 6.10 Å². The zero-order valence-corrected chi connectivity index (χ0v) is 13.4. The fourth-order valence-corrected chi connectivity index (χ4v) is 2.85. The largest absolute Gasteiger partial charge is 0.497 e. The minimum Gasteiger partial charge on any atom is -0.497 e. The summed E-state index contributed by atoms with van der Waals surface area (Å²) in [5.41, 5.74) is 1.35. The first-order chi connectivity index (χ1) is 10.1. The van der Waals surface area contributed by atoms with E-state index >= 15 is 0 Å². The van der Waals surface area contributed by atoms with Crippen LogP contribution < -0.4 is 10.1 Å². The number of rotatable bonds is 7. The van der Waals surface area contributed by atoms with Gasteiger partial charge in [0.05, 0.1) is 13.2 Å². The summed E-state index contributed by atoms with van der Waals surface area (Å²) in [7, 11) is 3.87. The molecule has 3 atom stereocenters. The third-order valence-electron chi connectivity index (χ3n) is 4.47. The second kappa shape index (κ2) is 7.78. The van der Waals surface area contributed by atoms with Gasteiger partial charge in [-0.05, 0) is 50.9 Å². The molecule has 1 aromatic carbocycles. The maximum atomic E-state index is 9.55. The first kappa shape index (κ1) is 16.3. The molecule has 0 aliphatic carbocycles. The van der Waals surface area contributed by atoms with Gasteiger partial charge in [0.25, 0.3) is 0 Å². The van der Waals surface area contributed by atoms with Crippen molar-refractivity contribution in [1.29, 1.82) is 0 Å². The van der Waals surface area contributed by atoms with Gasteiger partial charge in [0.1, 0.15) is 5.75 Å². The lowest BCUT2D eigenvalue weighted by molar-refractivity contribution is 0.183. The molecule has 0 amide bonds. The maximum Gasteiger partial charge on any atom is 0.118 e.